The van der Waals surface area contributed by atoms with Crippen molar-refractivity contribution in [3.05, 3.63) is 59.8 Å². The van der Waals surface area contributed by atoms with Crippen LogP contribution in [-0.2, 0) is 32.5 Å². The van der Waals surface area contributed by atoms with E-state index in [4.69, 9.17) is 4.74 Å². The summed E-state index contributed by atoms with van der Waals surface area (Å²) < 4.78 is 30.7. The van der Waals surface area contributed by atoms with Gasteiger partial charge in [0.05, 0.1) is 29.5 Å². The van der Waals surface area contributed by atoms with Crippen molar-refractivity contribution in [2.75, 3.05) is 12.9 Å². The third-order valence-electron chi connectivity index (χ3n) is 4.64. The quantitative estimate of drug-likeness (QED) is 0.581. The smallest absolute Gasteiger partial charge is 0.327 e. The molecule has 0 unspecified atom stereocenters. The number of nitrogens with zero attached hydrogens (tertiary/aromatic N) is 2. The summed E-state index contributed by atoms with van der Waals surface area (Å²) in [5.74, 6) is -0.351. The van der Waals surface area contributed by atoms with Crippen molar-refractivity contribution in [1.82, 2.24) is 9.78 Å². The maximum Gasteiger partial charge on any atom is 0.327 e. The zero-order valence-corrected chi connectivity index (χ0v) is 17.9. The molecule has 2 aromatic carbocycles. The number of benzene rings is 2. The van der Waals surface area contributed by atoms with Crippen molar-refractivity contribution in [2.45, 2.75) is 31.9 Å². The number of carbonyl (C=O) groups excluding carboxylic acids is 1. The Balaban J connectivity index is 1.94. The Labute approximate surface area is 175 Å². The molecule has 0 radical (unpaired) electrons. The number of carbonyl (C=O) groups is 1. The van der Waals surface area contributed by atoms with Crippen LogP contribution in [0.2, 0.25) is 0 Å². The fourth-order valence-electron chi connectivity index (χ4n) is 3.27. The van der Waals surface area contributed by atoms with Crippen LogP contribution >= 0.6 is 0 Å². The second kappa shape index (κ2) is 8.81. The molecular weight excluding hydrogens is 404 g/mol. The van der Waals surface area contributed by atoms with E-state index in [2.05, 4.69) is 5.10 Å². The van der Waals surface area contributed by atoms with Gasteiger partial charge in [0.1, 0.15) is 6.54 Å². The van der Waals surface area contributed by atoms with Crippen LogP contribution in [0.15, 0.2) is 53.4 Å². The second-order valence-electron chi connectivity index (χ2n) is 6.96. The first kappa shape index (κ1) is 21.7. The molecule has 0 aliphatic carbocycles. The van der Waals surface area contributed by atoms with E-state index in [1.165, 1.54) is 0 Å². The molecule has 0 saturated carbocycles. The van der Waals surface area contributed by atoms with E-state index in [9.17, 15) is 18.3 Å². The molecule has 0 fully saturated rings. The van der Waals surface area contributed by atoms with Crippen molar-refractivity contribution in [1.29, 1.82) is 0 Å². The SMILES string of the molecule is CCOC(=O)Cn1nc(C)cc1-c1ccc(-c2ccc(CO)c(S(C)(=O)=O)c2)cc1. The van der Waals surface area contributed by atoms with Gasteiger partial charge in [-0.05, 0) is 48.2 Å². The van der Waals surface area contributed by atoms with E-state index < -0.39 is 9.84 Å². The van der Waals surface area contributed by atoms with Crippen molar-refractivity contribution in [3.63, 3.8) is 0 Å². The summed E-state index contributed by atoms with van der Waals surface area (Å²) in [4.78, 5) is 12.0. The average molecular weight is 429 g/mol. The summed E-state index contributed by atoms with van der Waals surface area (Å²) in [7, 11) is -3.46. The van der Waals surface area contributed by atoms with Crippen LogP contribution in [0.25, 0.3) is 22.4 Å². The molecular formula is C22H24N2O5S. The van der Waals surface area contributed by atoms with Crippen molar-refractivity contribution < 1.29 is 23.1 Å². The number of aryl methyl sites for hydroxylation is 1. The van der Waals surface area contributed by atoms with Gasteiger partial charge in [-0.2, -0.15) is 5.10 Å². The van der Waals surface area contributed by atoms with E-state index in [1.807, 2.05) is 37.3 Å². The molecule has 1 N–H and O–H groups in total. The molecule has 158 valence electrons. The number of aliphatic hydroxyl groups excluding tert-OH is 1. The number of hydrogen-bond acceptors (Lipinski definition) is 6. The minimum atomic E-state index is -3.46. The normalized spacial score (nSPS) is 11.5. The van der Waals surface area contributed by atoms with Crippen molar-refractivity contribution >= 4 is 15.8 Å². The molecule has 7 nitrogen and oxygen atoms in total. The molecule has 0 amide bonds. The van der Waals surface area contributed by atoms with Crippen LogP contribution in [0.1, 0.15) is 18.2 Å². The Morgan fingerprint density at radius 3 is 2.30 bits per heavy atom. The van der Waals surface area contributed by atoms with Gasteiger partial charge in [-0.3, -0.25) is 9.48 Å². The molecule has 0 aliphatic heterocycles. The van der Waals surface area contributed by atoms with Gasteiger partial charge in [-0.25, -0.2) is 8.42 Å². The summed E-state index contributed by atoms with van der Waals surface area (Å²) in [6.07, 6.45) is 1.13. The molecule has 3 rings (SSSR count). The average Bonchev–Trinajstić information content (AvgIpc) is 3.07. The van der Waals surface area contributed by atoms with Gasteiger partial charge < -0.3 is 9.84 Å². The zero-order chi connectivity index (χ0) is 21.9. The summed E-state index contributed by atoms with van der Waals surface area (Å²) in [5.41, 5.74) is 4.39. The second-order valence-corrected chi connectivity index (χ2v) is 8.95. The van der Waals surface area contributed by atoms with E-state index in [1.54, 1.807) is 29.8 Å². The van der Waals surface area contributed by atoms with E-state index in [-0.39, 0.29) is 24.0 Å². The molecule has 1 heterocycles. The van der Waals surface area contributed by atoms with Gasteiger partial charge >= 0.3 is 5.97 Å². The minimum absolute atomic E-state index is 0.0269. The molecule has 0 aliphatic rings. The number of aromatic nitrogens is 2. The molecule has 0 saturated heterocycles. The maximum atomic E-state index is 12.1. The largest absolute Gasteiger partial charge is 0.465 e. The third kappa shape index (κ3) is 4.77. The van der Waals surface area contributed by atoms with E-state index in [0.29, 0.717) is 12.2 Å². The summed E-state index contributed by atoms with van der Waals surface area (Å²) in [5, 5.41) is 13.8. The first-order chi connectivity index (χ1) is 14.2. The van der Waals surface area contributed by atoms with Gasteiger partial charge in [0.25, 0.3) is 0 Å². The van der Waals surface area contributed by atoms with Gasteiger partial charge in [0.15, 0.2) is 9.84 Å². The Hall–Kier alpha value is -2.97. The Morgan fingerprint density at radius 1 is 1.07 bits per heavy atom. The third-order valence-corrected chi connectivity index (χ3v) is 5.82. The monoisotopic (exact) mass is 428 g/mol. The molecule has 0 spiro atoms. The summed E-state index contributed by atoms with van der Waals surface area (Å²) in [6.45, 7) is 3.61. The Morgan fingerprint density at radius 2 is 1.70 bits per heavy atom. The summed E-state index contributed by atoms with van der Waals surface area (Å²) in [6, 6.07) is 14.4. The van der Waals surface area contributed by atoms with Gasteiger partial charge in [0, 0.05) is 6.26 Å². The lowest BCUT2D eigenvalue weighted by Crippen LogP contribution is -2.15. The number of aliphatic hydroxyl groups is 1. The number of hydrogen-bond donors (Lipinski definition) is 1. The molecule has 30 heavy (non-hydrogen) atoms. The number of sulfone groups is 1. The van der Waals surface area contributed by atoms with E-state index >= 15 is 0 Å². The van der Waals surface area contributed by atoms with Crippen molar-refractivity contribution in [3.8, 4) is 22.4 Å². The first-order valence-corrected chi connectivity index (χ1v) is 11.4. The highest BCUT2D eigenvalue weighted by molar-refractivity contribution is 7.90. The van der Waals surface area contributed by atoms with Crippen LogP contribution in [0, 0.1) is 6.92 Å². The summed E-state index contributed by atoms with van der Waals surface area (Å²) >= 11 is 0. The van der Waals surface area contributed by atoms with Crippen LogP contribution in [0.3, 0.4) is 0 Å². The molecule has 0 bridgehead atoms. The van der Waals surface area contributed by atoms with Gasteiger partial charge in [-0.1, -0.05) is 36.4 Å². The molecule has 1 aromatic heterocycles. The number of esters is 1. The lowest BCUT2D eigenvalue weighted by molar-refractivity contribution is -0.144. The highest BCUT2D eigenvalue weighted by Gasteiger charge is 2.15. The topological polar surface area (TPSA) is 98.5 Å². The standard InChI is InChI=1S/C22H24N2O5S/c1-4-29-22(26)13-24-20(11-15(2)23-24)17-7-5-16(6-8-17)18-9-10-19(14-25)21(12-18)30(3,27)28/h5-12,25H,4,13-14H2,1-3H3. The van der Waals surface area contributed by atoms with Crippen LogP contribution in [-0.4, -0.2) is 42.1 Å². The Kier molecular flexibility index (Phi) is 6.38. The van der Waals surface area contributed by atoms with Crippen molar-refractivity contribution in [2.24, 2.45) is 0 Å². The number of ether oxygens (including phenoxy) is 1. The lowest BCUT2D eigenvalue weighted by Gasteiger charge is -2.10. The first-order valence-electron chi connectivity index (χ1n) is 9.47. The molecule has 8 heteroatoms. The fraction of sp³-hybridized carbons (Fsp3) is 0.273. The number of rotatable bonds is 7. The highest BCUT2D eigenvalue weighted by atomic mass is 32.2. The van der Waals surface area contributed by atoms with E-state index in [0.717, 1.165) is 34.3 Å². The van der Waals surface area contributed by atoms with Crippen LogP contribution in [0.5, 0.6) is 0 Å². The van der Waals surface area contributed by atoms with Gasteiger partial charge in [0.2, 0.25) is 0 Å². The molecule has 3 aromatic rings. The lowest BCUT2D eigenvalue weighted by atomic mass is 10.0. The van der Waals surface area contributed by atoms with Gasteiger partial charge in [-0.15, -0.1) is 0 Å². The fourth-order valence-corrected chi connectivity index (χ4v) is 4.22. The van der Waals surface area contributed by atoms with Crippen LogP contribution in [0.4, 0.5) is 0 Å². The highest BCUT2D eigenvalue weighted by Crippen LogP contribution is 2.28. The van der Waals surface area contributed by atoms with Crippen LogP contribution < -0.4 is 0 Å². The minimum Gasteiger partial charge on any atom is -0.465 e. The Bertz CT molecular complexity index is 1160. The molecule has 0 atom stereocenters. The predicted molar refractivity (Wildman–Crippen MR) is 114 cm³/mol. The zero-order valence-electron chi connectivity index (χ0n) is 17.1. The predicted octanol–water partition coefficient (Wildman–Crippen LogP) is 2.98. The maximum absolute atomic E-state index is 12.1.